The Morgan fingerprint density at radius 3 is 2.08 bits per heavy atom. The van der Waals surface area contributed by atoms with Crippen LogP contribution in [0.4, 0.5) is 0 Å². The smallest absolute Gasteiger partial charge is 0.0406 e. The van der Waals surface area contributed by atoms with Crippen molar-refractivity contribution in [3.8, 4) is 0 Å². The van der Waals surface area contributed by atoms with Crippen LogP contribution < -0.4 is 21.3 Å². The van der Waals surface area contributed by atoms with Crippen LogP contribution in [0.1, 0.15) is 0 Å². The number of hydrogen-bond donors (Lipinski definition) is 4. The maximum atomic E-state index is 3.65. The van der Waals surface area contributed by atoms with Crippen molar-refractivity contribution in [2.24, 2.45) is 5.92 Å². The summed E-state index contributed by atoms with van der Waals surface area (Å²) >= 11 is 0. The van der Waals surface area contributed by atoms with Crippen LogP contribution in [0.3, 0.4) is 0 Å². The Bertz CT molecular complexity index is 244. The largest absolute Gasteiger partial charge is 0.312 e. The number of piperazine rings is 1. The molecule has 0 spiro atoms. The van der Waals surface area contributed by atoms with Gasteiger partial charge in [0.05, 0.1) is 0 Å². The van der Waals surface area contributed by atoms with Gasteiger partial charge in [0.25, 0.3) is 0 Å². The highest BCUT2D eigenvalue weighted by Crippen LogP contribution is 2.32. The van der Waals surface area contributed by atoms with E-state index in [0.29, 0.717) is 6.04 Å². The summed E-state index contributed by atoms with van der Waals surface area (Å²) in [6, 6.07) is 3.75. The van der Waals surface area contributed by atoms with Gasteiger partial charge in [-0.05, 0) is 0 Å². The zero-order valence-electron chi connectivity index (χ0n) is 7.59. The van der Waals surface area contributed by atoms with Crippen LogP contribution in [0.25, 0.3) is 0 Å². The average molecular weight is 180 g/mol. The molecule has 4 rings (SSSR count). The summed E-state index contributed by atoms with van der Waals surface area (Å²) in [4.78, 5) is 0. The van der Waals surface area contributed by atoms with Crippen molar-refractivity contribution in [2.45, 2.75) is 30.2 Å². The van der Waals surface area contributed by atoms with Gasteiger partial charge in [0.1, 0.15) is 0 Å². The molecule has 0 aliphatic carbocycles. The Morgan fingerprint density at radius 2 is 1.54 bits per heavy atom. The maximum Gasteiger partial charge on any atom is 0.0406 e. The number of fused-ring (bicyclic) bond motifs is 2. The summed E-state index contributed by atoms with van der Waals surface area (Å²) < 4.78 is 0. The maximum absolute atomic E-state index is 3.65. The van der Waals surface area contributed by atoms with E-state index in [1.54, 1.807) is 0 Å². The van der Waals surface area contributed by atoms with Gasteiger partial charge < -0.3 is 21.3 Å². The Kier molecular flexibility index (Phi) is 1.24. The first kappa shape index (κ1) is 7.17. The van der Waals surface area contributed by atoms with Gasteiger partial charge in [-0.25, -0.2) is 0 Å². The van der Waals surface area contributed by atoms with Crippen LogP contribution in [0.5, 0.6) is 0 Å². The zero-order chi connectivity index (χ0) is 8.41. The third-order valence-corrected chi connectivity index (χ3v) is 4.25. The lowest BCUT2D eigenvalue weighted by atomic mass is 9.85. The molecule has 4 saturated heterocycles. The third kappa shape index (κ3) is 0.845. The minimum absolute atomic E-state index is 0.696. The van der Waals surface area contributed by atoms with Crippen LogP contribution in [-0.2, 0) is 0 Å². The van der Waals surface area contributed by atoms with E-state index >= 15 is 0 Å². The van der Waals surface area contributed by atoms with E-state index in [1.807, 2.05) is 0 Å². The van der Waals surface area contributed by atoms with Gasteiger partial charge in [-0.15, -0.1) is 0 Å². The van der Waals surface area contributed by atoms with E-state index in [4.69, 9.17) is 0 Å². The molecule has 4 heteroatoms. The lowest BCUT2D eigenvalue weighted by Crippen LogP contribution is -2.59. The van der Waals surface area contributed by atoms with Gasteiger partial charge in [0.15, 0.2) is 0 Å². The SMILES string of the molecule is C1NC(C2NCC3NC32)C2CNC12. The summed E-state index contributed by atoms with van der Waals surface area (Å²) in [6.45, 7) is 3.57. The first-order chi connectivity index (χ1) is 6.43. The highest BCUT2D eigenvalue weighted by atomic mass is 15.3. The van der Waals surface area contributed by atoms with Crippen molar-refractivity contribution >= 4 is 0 Å². The second-order valence-electron chi connectivity index (χ2n) is 4.85. The average Bonchev–Trinajstić information content (AvgIpc) is 2.65. The molecule has 13 heavy (non-hydrogen) atoms. The van der Waals surface area contributed by atoms with Crippen LogP contribution in [-0.4, -0.2) is 49.8 Å². The molecule has 4 fully saturated rings. The van der Waals surface area contributed by atoms with Gasteiger partial charge in [-0.2, -0.15) is 0 Å². The fraction of sp³-hybridized carbons (Fsp3) is 1.00. The summed E-state index contributed by atoms with van der Waals surface area (Å²) in [5.41, 5.74) is 0. The summed E-state index contributed by atoms with van der Waals surface area (Å²) in [5.74, 6) is 0.888. The van der Waals surface area contributed by atoms with Crippen molar-refractivity contribution < 1.29 is 0 Å². The Balaban J connectivity index is 1.54. The van der Waals surface area contributed by atoms with Crippen LogP contribution >= 0.6 is 0 Å². The van der Waals surface area contributed by atoms with Crippen LogP contribution in [0.15, 0.2) is 0 Å². The molecule has 0 saturated carbocycles. The standard InChI is InChI=1S/C9H16N4/c1-4-5(10-1)2-11-7(4)9-8-6(13-8)3-12-9/h4-13H,1-3H2. The van der Waals surface area contributed by atoms with Crippen molar-refractivity contribution in [1.29, 1.82) is 0 Å². The Labute approximate surface area is 77.8 Å². The molecule has 4 nitrogen and oxygen atoms in total. The number of hydrogen-bond acceptors (Lipinski definition) is 4. The van der Waals surface area contributed by atoms with Crippen molar-refractivity contribution in [3.05, 3.63) is 0 Å². The minimum Gasteiger partial charge on any atom is -0.312 e. The molecule has 0 aromatic carbocycles. The molecule has 0 radical (unpaired) electrons. The Morgan fingerprint density at radius 1 is 0.692 bits per heavy atom. The van der Waals surface area contributed by atoms with E-state index in [0.717, 1.165) is 30.1 Å². The molecule has 4 aliphatic rings. The highest BCUT2D eigenvalue weighted by molar-refractivity contribution is 5.19. The van der Waals surface area contributed by atoms with Gasteiger partial charge in [-0.3, -0.25) is 0 Å². The van der Waals surface area contributed by atoms with Crippen LogP contribution in [0.2, 0.25) is 0 Å². The zero-order valence-corrected chi connectivity index (χ0v) is 7.59. The van der Waals surface area contributed by atoms with E-state index in [-0.39, 0.29) is 0 Å². The second-order valence-corrected chi connectivity index (χ2v) is 4.85. The number of nitrogens with one attached hydrogen (secondary N) is 4. The molecule has 4 heterocycles. The van der Waals surface area contributed by atoms with E-state index < -0.39 is 0 Å². The molecule has 0 amide bonds. The lowest BCUT2D eigenvalue weighted by molar-refractivity contribution is 0.230. The van der Waals surface area contributed by atoms with Crippen molar-refractivity contribution in [3.63, 3.8) is 0 Å². The van der Waals surface area contributed by atoms with Crippen molar-refractivity contribution in [1.82, 2.24) is 21.3 Å². The predicted molar refractivity (Wildman–Crippen MR) is 49.6 cm³/mol. The van der Waals surface area contributed by atoms with Crippen molar-refractivity contribution in [2.75, 3.05) is 19.6 Å². The third-order valence-electron chi connectivity index (χ3n) is 4.25. The molecule has 72 valence electrons. The summed E-state index contributed by atoms with van der Waals surface area (Å²) in [5, 5.41) is 14.3. The van der Waals surface area contributed by atoms with Crippen LogP contribution in [0, 0.1) is 5.92 Å². The molecule has 6 atom stereocenters. The van der Waals surface area contributed by atoms with Gasteiger partial charge >= 0.3 is 0 Å². The second kappa shape index (κ2) is 2.25. The Hall–Kier alpha value is -0.160. The van der Waals surface area contributed by atoms with E-state index in [2.05, 4.69) is 21.3 Å². The predicted octanol–water partition coefficient (Wildman–Crippen LogP) is -2.14. The molecular weight excluding hydrogens is 164 g/mol. The minimum atomic E-state index is 0.696. The topological polar surface area (TPSA) is 58.0 Å². The molecular formula is C9H16N4. The number of rotatable bonds is 1. The molecule has 0 aromatic rings. The summed E-state index contributed by atoms with van der Waals surface area (Å²) in [7, 11) is 0. The molecule has 0 aromatic heterocycles. The van der Waals surface area contributed by atoms with Gasteiger partial charge in [0, 0.05) is 55.8 Å². The normalized spacial score (nSPS) is 62.8. The molecule has 4 N–H and O–H groups in total. The van der Waals surface area contributed by atoms with Gasteiger partial charge in [-0.1, -0.05) is 0 Å². The lowest BCUT2D eigenvalue weighted by Gasteiger charge is -2.37. The first-order valence-electron chi connectivity index (χ1n) is 5.40. The first-order valence-corrected chi connectivity index (χ1v) is 5.40. The monoisotopic (exact) mass is 180 g/mol. The van der Waals surface area contributed by atoms with E-state index in [1.165, 1.54) is 19.6 Å². The summed E-state index contributed by atoms with van der Waals surface area (Å²) in [6.07, 6.45) is 0. The molecule has 6 unspecified atom stereocenters. The fourth-order valence-corrected chi connectivity index (χ4v) is 3.30. The van der Waals surface area contributed by atoms with E-state index in [9.17, 15) is 0 Å². The molecule has 0 bridgehead atoms. The molecule has 4 aliphatic heterocycles. The fourth-order valence-electron chi connectivity index (χ4n) is 3.30. The highest BCUT2D eigenvalue weighted by Gasteiger charge is 2.55. The quantitative estimate of drug-likeness (QED) is 0.348. The van der Waals surface area contributed by atoms with Gasteiger partial charge in [0.2, 0.25) is 0 Å².